The van der Waals surface area contributed by atoms with Crippen molar-refractivity contribution < 1.29 is 8.42 Å². The zero-order valence-electron chi connectivity index (χ0n) is 9.90. The van der Waals surface area contributed by atoms with Gasteiger partial charge in [-0.05, 0) is 31.0 Å². The number of rotatable bonds is 1. The third-order valence-electron chi connectivity index (χ3n) is 3.38. The minimum Gasteiger partial charge on any atom is -0.342 e. The van der Waals surface area contributed by atoms with Gasteiger partial charge < -0.3 is 4.98 Å². The Labute approximate surface area is 114 Å². The first-order valence-electron chi connectivity index (χ1n) is 5.81. The molecule has 0 spiro atoms. The van der Waals surface area contributed by atoms with E-state index in [-0.39, 0.29) is 17.4 Å². The fraction of sp³-hybridized carbons (Fsp3) is 0.417. The number of H-pyrrole nitrogens is 1. The van der Waals surface area contributed by atoms with Crippen molar-refractivity contribution in [1.82, 2.24) is 9.97 Å². The van der Waals surface area contributed by atoms with Crippen LogP contribution in [-0.4, -0.2) is 29.9 Å². The summed E-state index contributed by atoms with van der Waals surface area (Å²) in [5, 5.41) is 0. The first-order valence-corrected chi connectivity index (χ1v) is 8.42. The van der Waals surface area contributed by atoms with Crippen LogP contribution in [0.2, 0.25) is 0 Å². The van der Waals surface area contributed by atoms with Gasteiger partial charge in [0.15, 0.2) is 9.84 Å². The molecule has 1 atom stereocenters. The number of nitrogens with zero attached hydrogens (tertiary/aromatic N) is 1. The third-order valence-corrected chi connectivity index (χ3v) is 5.61. The molecule has 0 saturated carbocycles. The predicted molar refractivity (Wildman–Crippen MR) is 74.5 cm³/mol. The van der Waals surface area contributed by atoms with Crippen LogP contribution in [0.1, 0.15) is 23.7 Å². The molecule has 4 nitrogen and oxygen atoms in total. The Morgan fingerprint density at radius 1 is 1.44 bits per heavy atom. The molecule has 2 aromatic rings. The number of aromatic nitrogens is 2. The summed E-state index contributed by atoms with van der Waals surface area (Å²) in [6.45, 7) is 2.00. The second-order valence-electron chi connectivity index (χ2n) is 4.84. The van der Waals surface area contributed by atoms with Gasteiger partial charge in [-0.3, -0.25) is 0 Å². The van der Waals surface area contributed by atoms with E-state index in [9.17, 15) is 8.42 Å². The average molecular weight is 329 g/mol. The molecule has 3 rings (SSSR count). The molecule has 0 amide bonds. The van der Waals surface area contributed by atoms with Crippen molar-refractivity contribution in [2.24, 2.45) is 0 Å². The van der Waals surface area contributed by atoms with E-state index in [0.29, 0.717) is 6.42 Å². The quantitative estimate of drug-likeness (QED) is 0.874. The summed E-state index contributed by atoms with van der Waals surface area (Å²) in [5.41, 5.74) is 2.97. The highest BCUT2D eigenvalue weighted by molar-refractivity contribution is 9.10. The van der Waals surface area contributed by atoms with Crippen molar-refractivity contribution >= 4 is 36.8 Å². The Kier molecular flexibility index (Phi) is 2.75. The molecule has 0 bridgehead atoms. The van der Waals surface area contributed by atoms with E-state index in [1.54, 1.807) is 0 Å². The van der Waals surface area contributed by atoms with Crippen molar-refractivity contribution in [2.75, 3.05) is 11.5 Å². The highest BCUT2D eigenvalue weighted by Gasteiger charge is 2.31. The third kappa shape index (κ3) is 2.07. The first-order chi connectivity index (χ1) is 8.44. The summed E-state index contributed by atoms with van der Waals surface area (Å²) in [6, 6.07) is 3.99. The van der Waals surface area contributed by atoms with Crippen molar-refractivity contribution in [3.63, 3.8) is 0 Å². The summed E-state index contributed by atoms with van der Waals surface area (Å²) in [6.07, 6.45) is 0.669. The lowest BCUT2D eigenvalue weighted by Gasteiger charge is -2.01. The molecule has 96 valence electrons. The fourth-order valence-electron chi connectivity index (χ4n) is 2.47. The van der Waals surface area contributed by atoms with Gasteiger partial charge >= 0.3 is 0 Å². The van der Waals surface area contributed by atoms with Gasteiger partial charge in [-0.2, -0.15) is 0 Å². The van der Waals surface area contributed by atoms with Gasteiger partial charge in [-0.15, -0.1) is 0 Å². The van der Waals surface area contributed by atoms with Crippen LogP contribution in [0.5, 0.6) is 0 Å². The molecular weight excluding hydrogens is 316 g/mol. The van der Waals surface area contributed by atoms with Crippen molar-refractivity contribution in [3.05, 3.63) is 28.0 Å². The molecule has 6 heteroatoms. The van der Waals surface area contributed by atoms with Gasteiger partial charge in [0.2, 0.25) is 0 Å². The van der Waals surface area contributed by atoms with Gasteiger partial charge in [0.25, 0.3) is 0 Å². The second-order valence-corrected chi connectivity index (χ2v) is 7.99. The normalized spacial score (nSPS) is 22.7. The van der Waals surface area contributed by atoms with Gasteiger partial charge in [-0.1, -0.05) is 15.9 Å². The number of nitrogens with one attached hydrogen (secondary N) is 1. The van der Waals surface area contributed by atoms with Crippen molar-refractivity contribution in [1.29, 1.82) is 0 Å². The van der Waals surface area contributed by atoms with Crippen molar-refractivity contribution in [3.8, 4) is 0 Å². The Morgan fingerprint density at radius 2 is 2.22 bits per heavy atom. The number of aryl methyl sites for hydroxylation is 1. The minimum absolute atomic E-state index is 0.0144. The number of aromatic amines is 1. The lowest BCUT2D eigenvalue weighted by Crippen LogP contribution is -2.04. The van der Waals surface area contributed by atoms with Crippen LogP contribution in [0, 0.1) is 6.92 Å². The van der Waals surface area contributed by atoms with Gasteiger partial charge in [0.1, 0.15) is 5.82 Å². The predicted octanol–water partition coefficient (Wildman–Crippen LogP) is 2.54. The zero-order valence-corrected chi connectivity index (χ0v) is 12.3. The summed E-state index contributed by atoms with van der Waals surface area (Å²) in [4.78, 5) is 7.81. The molecule has 18 heavy (non-hydrogen) atoms. The van der Waals surface area contributed by atoms with Crippen molar-refractivity contribution in [2.45, 2.75) is 19.3 Å². The van der Waals surface area contributed by atoms with Crippen LogP contribution >= 0.6 is 15.9 Å². The molecule has 1 fully saturated rings. The second kappa shape index (κ2) is 4.06. The Balaban J connectivity index is 2.07. The van der Waals surface area contributed by atoms with E-state index in [0.717, 1.165) is 26.9 Å². The molecule has 1 saturated heterocycles. The first kappa shape index (κ1) is 12.2. The van der Waals surface area contributed by atoms with Gasteiger partial charge in [0.05, 0.1) is 22.5 Å². The fourth-order valence-corrected chi connectivity index (χ4v) is 4.79. The van der Waals surface area contributed by atoms with Crippen LogP contribution in [0.25, 0.3) is 11.0 Å². The van der Waals surface area contributed by atoms with E-state index in [1.807, 2.05) is 19.1 Å². The lowest BCUT2D eigenvalue weighted by molar-refractivity contribution is 0.601. The zero-order chi connectivity index (χ0) is 12.9. The summed E-state index contributed by atoms with van der Waals surface area (Å²) >= 11 is 3.45. The number of fused-ring (bicyclic) bond motifs is 1. The van der Waals surface area contributed by atoms with Gasteiger partial charge in [-0.25, -0.2) is 13.4 Å². The molecule has 0 aliphatic carbocycles. The standard InChI is InChI=1S/C12H13BrN2O2S/c1-7-4-9(13)5-10-11(7)15-12(14-10)8-2-3-18(16,17)6-8/h4-5,8H,2-3,6H2,1H3,(H,14,15). The highest BCUT2D eigenvalue weighted by Crippen LogP contribution is 2.30. The number of hydrogen-bond acceptors (Lipinski definition) is 3. The average Bonchev–Trinajstić information content (AvgIpc) is 2.81. The number of benzene rings is 1. The molecule has 2 heterocycles. The maximum Gasteiger partial charge on any atom is 0.151 e. The van der Waals surface area contributed by atoms with E-state index in [4.69, 9.17) is 0 Å². The van der Waals surface area contributed by atoms with E-state index in [1.165, 1.54) is 0 Å². The molecular formula is C12H13BrN2O2S. The Morgan fingerprint density at radius 3 is 2.89 bits per heavy atom. The number of imidazole rings is 1. The smallest absolute Gasteiger partial charge is 0.151 e. The lowest BCUT2D eigenvalue weighted by atomic mass is 10.1. The van der Waals surface area contributed by atoms with Crippen LogP contribution < -0.4 is 0 Å². The molecule has 1 aromatic heterocycles. The molecule has 1 aliphatic rings. The summed E-state index contributed by atoms with van der Waals surface area (Å²) in [5.74, 6) is 1.30. The van der Waals surface area contributed by atoms with Crippen LogP contribution in [0.15, 0.2) is 16.6 Å². The monoisotopic (exact) mass is 328 g/mol. The number of halogens is 1. The van der Waals surface area contributed by atoms with Crippen LogP contribution in [0.4, 0.5) is 0 Å². The largest absolute Gasteiger partial charge is 0.342 e. The highest BCUT2D eigenvalue weighted by atomic mass is 79.9. The van der Waals surface area contributed by atoms with E-state index in [2.05, 4.69) is 25.9 Å². The maximum atomic E-state index is 11.5. The van der Waals surface area contributed by atoms with Crippen LogP contribution in [-0.2, 0) is 9.84 Å². The molecule has 0 radical (unpaired) electrons. The SMILES string of the molecule is Cc1cc(Br)cc2[nH]c(C3CCS(=O)(=O)C3)nc12. The summed E-state index contributed by atoms with van der Waals surface area (Å²) < 4.78 is 24.0. The van der Waals surface area contributed by atoms with E-state index >= 15 is 0 Å². The minimum atomic E-state index is -2.87. The molecule has 1 aromatic carbocycles. The molecule has 1 unspecified atom stereocenters. The van der Waals surface area contributed by atoms with Gasteiger partial charge in [0, 0.05) is 10.4 Å². The Hall–Kier alpha value is -0.880. The molecule has 1 aliphatic heterocycles. The topological polar surface area (TPSA) is 62.8 Å². The molecule has 1 N–H and O–H groups in total. The van der Waals surface area contributed by atoms with Crippen LogP contribution in [0.3, 0.4) is 0 Å². The van der Waals surface area contributed by atoms with E-state index < -0.39 is 9.84 Å². The number of hydrogen-bond donors (Lipinski definition) is 1. The maximum absolute atomic E-state index is 11.5. The number of sulfone groups is 1. The summed E-state index contributed by atoms with van der Waals surface area (Å²) in [7, 11) is -2.87. The Bertz CT molecular complexity index is 721.